The molecule has 1 aliphatic rings. The highest BCUT2D eigenvalue weighted by molar-refractivity contribution is 7.07. The van der Waals surface area contributed by atoms with Gasteiger partial charge in [-0.3, -0.25) is 14.2 Å². The van der Waals surface area contributed by atoms with E-state index in [1.165, 1.54) is 11.3 Å². The number of nitrogens with zero attached hydrogens (tertiary/aromatic N) is 3. The van der Waals surface area contributed by atoms with Crippen LogP contribution in [-0.4, -0.2) is 17.6 Å². The molecule has 1 aromatic heterocycles. The van der Waals surface area contributed by atoms with Gasteiger partial charge in [0.05, 0.1) is 40.6 Å². The van der Waals surface area contributed by atoms with E-state index in [4.69, 9.17) is 14.5 Å². The average Bonchev–Trinajstić information content (AvgIpc) is 3.38. The molecule has 0 radical (unpaired) electrons. The van der Waals surface area contributed by atoms with Crippen LogP contribution in [0.3, 0.4) is 0 Å². The summed E-state index contributed by atoms with van der Waals surface area (Å²) >= 11 is 1.27. The highest BCUT2D eigenvalue weighted by Gasteiger charge is 2.32. The van der Waals surface area contributed by atoms with Gasteiger partial charge in [0.25, 0.3) is 11.5 Å². The third-order valence-electron chi connectivity index (χ3n) is 8.02. The largest absolute Gasteiger partial charge is 0.497 e. The second kappa shape index (κ2) is 13.3. The molecule has 0 bridgehead atoms. The van der Waals surface area contributed by atoms with Crippen LogP contribution >= 0.6 is 11.3 Å². The molecule has 1 N–H and O–H groups in total. The summed E-state index contributed by atoms with van der Waals surface area (Å²) in [6, 6.07) is 29.5. The minimum absolute atomic E-state index is 0.240. The Kier molecular flexibility index (Phi) is 8.87. The lowest BCUT2D eigenvalue weighted by molar-refractivity contribution is -0.113. The maximum atomic E-state index is 14.2. The molecule has 5 aromatic rings. The summed E-state index contributed by atoms with van der Waals surface area (Å²) in [7, 11) is 1.59. The van der Waals surface area contributed by atoms with Crippen molar-refractivity contribution in [2.24, 2.45) is 4.99 Å². The fourth-order valence-corrected chi connectivity index (χ4v) is 6.67. The third kappa shape index (κ3) is 6.50. The molecule has 8 nitrogen and oxygen atoms in total. The van der Waals surface area contributed by atoms with Crippen LogP contribution in [0.5, 0.6) is 11.5 Å². The minimum Gasteiger partial charge on any atom is -0.497 e. The number of aryl methyl sites for hydroxylation is 2. The standard InChI is InChI=1S/C38H32N4O4S/c1-23-12-17-32(24(2)18-23)41-36(43)34-25(3)40-38-42(35(34)27-13-15-30(45-4)16-14-27)37(44)33(47-38)20-26-8-7-11-31(19-26)46-22-29-10-6-5-9-28(29)21-39/h5-20,35H,22H2,1-4H3,(H,41,43)/b33-20-/t35-/m1/s1. The number of amides is 1. The molecule has 0 saturated carbocycles. The van der Waals surface area contributed by atoms with E-state index >= 15 is 0 Å². The summed E-state index contributed by atoms with van der Waals surface area (Å²) in [4.78, 5) is 33.4. The number of allylic oxidation sites excluding steroid dienone is 1. The molecule has 1 atom stereocenters. The van der Waals surface area contributed by atoms with Crippen LogP contribution in [-0.2, 0) is 11.4 Å². The van der Waals surface area contributed by atoms with E-state index in [1.807, 2.05) is 98.8 Å². The molecule has 1 amide bonds. The third-order valence-corrected chi connectivity index (χ3v) is 9.00. The molecule has 0 unspecified atom stereocenters. The maximum absolute atomic E-state index is 14.2. The van der Waals surface area contributed by atoms with Crippen LogP contribution in [0.4, 0.5) is 5.69 Å². The summed E-state index contributed by atoms with van der Waals surface area (Å²) in [6.45, 7) is 5.99. The molecule has 0 aliphatic carbocycles. The van der Waals surface area contributed by atoms with Crippen LogP contribution in [0.2, 0.25) is 0 Å². The molecule has 9 heteroatoms. The van der Waals surface area contributed by atoms with Crippen molar-refractivity contribution in [2.45, 2.75) is 33.4 Å². The number of thiazole rings is 1. The number of nitriles is 1. The number of ether oxygens (including phenoxy) is 2. The lowest BCUT2D eigenvalue weighted by Crippen LogP contribution is -2.40. The quantitative estimate of drug-likeness (QED) is 0.226. The molecular formula is C38H32N4O4S. The van der Waals surface area contributed by atoms with E-state index in [0.717, 1.165) is 27.8 Å². The molecule has 0 saturated heterocycles. The zero-order chi connectivity index (χ0) is 33.1. The number of hydrogen-bond acceptors (Lipinski definition) is 7. The Morgan fingerprint density at radius 1 is 1.00 bits per heavy atom. The first kappa shape index (κ1) is 31.3. The van der Waals surface area contributed by atoms with Gasteiger partial charge >= 0.3 is 0 Å². The first-order chi connectivity index (χ1) is 22.7. The average molecular weight is 641 g/mol. The van der Waals surface area contributed by atoms with Crippen molar-refractivity contribution in [3.63, 3.8) is 0 Å². The van der Waals surface area contributed by atoms with Crippen LogP contribution in [0.25, 0.3) is 6.08 Å². The zero-order valence-electron chi connectivity index (χ0n) is 26.4. The number of fused-ring (bicyclic) bond motifs is 1. The number of methoxy groups -OCH3 is 1. The van der Waals surface area contributed by atoms with Gasteiger partial charge in [-0.25, -0.2) is 4.99 Å². The van der Waals surface area contributed by atoms with Gasteiger partial charge in [-0.2, -0.15) is 5.26 Å². The molecular weight excluding hydrogens is 609 g/mol. The van der Waals surface area contributed by atoms with E-state index in [0.29, 0.717) is 43.4 Å². The molecule has 4 aromatic carbocycles. The van der Waals surface area contributed by atoms with Crippen LogP contribution in [0.15, 0.2) is 112 Å². The molecule has 0 fully saturated rings. The SMILES string of the molecule is COc1ccc([C@@H]2C(C(=O)Nc3ccc(C)cc3C)=C(C)N=c3s/c(=C\c4cccc(OCc5ccccc5C#N)c4)c(=O)n32)cc1. The van der Waals surface area contributed by atoms with Gasteiger partial charge in [0.15, 0.2) is 4.80 Å². The smallest absolute Gasteiger partial charge is 0.271 e. The first-order valence-electron chi connectivity index (χ1n) is 15.0. The Morgan fingerprint density at radius 3 is 2.53 bits per heavy atom. The fourth-order valence-electron chi connectivity index (χ4n) is 5.62. The Balaban J connectivity index is 1.38. The Labute approximate surface area is 276 Å². The molecule has 234 valence electrons. The topological polar surface area (TPSA) is 106 Å². The van der Waals surface area contributed by atoms with Crippen LogP contribution in [0.1, 0.15) is 46.3 Å². The highest BCUT2D eigenvalue weighted by Crippen LogP contribution is 2.32. The Morgan fingerprint density at radius 2 is 1.79 bits per heavy atom. The van der Waals surface area contributed by atoms with Gasteiger partial charge in [-0.05, 0) is 79.9 Å². The zero-order valence-corrected chi connectivity index (χ0v) is 27.2. The Hall–Kier alpha value is -5.72. The van der Waals surface area contributed by atoms with Crippen molar-refractivity contribution in [1.82, 2.24) is 4.57 Å². The normalized spacial score (nSPS) is 14.2. The lowest BCUT2D eigenvalue weighted by Gasteiger charge is -2.25. The predicted octanol–water partition coefficient (Wildman–Crippen LogP) is 5.95. The monoisotopic (exact) mass is 640 g/mol. The van der Waals surface area contributed by atoms with Crippen molar-refractivity contribution >= 4 is 29.0 Å². The number of carbonyl (C=O) groups is 1. The van der Waals surface area contributed by atoms with Crippen molar-refractivity contribution in [3.05, 3.63) is 155 Å². The van der Waals surface area contributed by atoms with E-state index in [-0.39, 0.29) is 18.1 Å². The summed E-state index contributed by atoms with van der Waals surface area (Å²) in [6.07, 6.45) is 1.81. The van der Waals surface area contributed by atoms with Crippen LogP contribution < -0.4 is 29.7 Å². The van der Waals surface area contributed by atoms with E-state index < -0.39 is 6.04 Å². The van der Waals surface area contributed by atoms with E-state index in [1.54, 1.807) is 30.7 Å². The molecule has 0 spiro atoms. The number of carbonyl (C=O) groups excluding carboxylic acids is 1. The predicted molar refractivity (Wildman–Crippen MR) is 183 cm³/mol. The van der Waals surface area contributed by atoms with E-state index in [2.05, 4.69) is 11.4 Å². The Bertz CT molecular complexity index is 2260. The van der Waals surface area contributed by atoms with Gasteiger partial charge in [-0.15, -0.1) is 0 Å². The number of rotatable bonds is 8. The molecule has 6 rings (SSSR count). The second-order valence-corrected chi connectivity index (χ2v) is 12.3. The minimum atomic E-state index is -0.708. The summed E-state index contributed by atoms with van der Waals surface area (Å²) in [5.74, 6) is 0.953. The molecule has 47 heavy (non-hydrogen) atoms. The van der Waals surface area contributed by atoms with Crippen molar-refractivity contribution < 1.29 is 14.3 Å². The number of aromatic nitrogens is 1. The van der Waals surface area contributed by atoms with Crippen molar-refractivity contribution in [3.8, 4) is 17.6 Å². The van der Waals surface area contributed by atoms with Gasteiger partial charge in [0, 0.05) is 11.3 Å². The summed E-state index contributed by atoms with van der Waals surface area (Å²) in [5, 5.41) is 12.5. The number of hydrogen-bond donors (Lipinski definition) is 1. The van der Waals surface area contributed by atoms with Gasteiger partial charge in [0.1, 0.15) is 18.1 Å². The number of benzene rings is 4. The second-order valence-electron chi connectivity index (χ2n) is 11.3. The number of nitrogens with one attached hydrogen (secondary N) is 1. The first-order valence-corrected chi connectivity index (χ1v) is 15.8. The molecule has 1 aliphatic heterocycles. The van der Waals surface area contributed by atoms with Crippen LogP contribution in [0, 0.1) is 25.2 Å². The maximum Gasteiger partial charge on any atom is 0.271 e. The number of anilines is 1. The van der Waals surface area contributed by atoms with Gasteiger partial charge in [-0.1, -0.05) is 71.5 Å². The van der Waals surface area contributed by atoms with Crippen molar-refractivity contribution in [1.29, 1.82) is 5.26 Å². The van der Waals surface area contributed by atoms with E-state index in [9.17, 15) is 14.9 Å². The highest BCUT2D eigenvalue weighted by atomic mass is 32.1. The van der Waals surface area contributed by atoms with Gasteiger partial charge in [0.2, 0.25) is 0 Å². The lowest BCUT2D eigenvalue weighted by atomic mass is 9.95. The molecule has 2 heterocycles. The van der Waals surface area contributed by atoms with Crippen molar-refractivity contribution in [2.75, 3.05) is 12.4 Å². The summed E-state index contributed by atoms with van der Waals surface area (Å²) in [5.41, 5.74) is 6.29. The summed E-state index contributed by atoms with van der Waals surface area (Å²) < 4.78 is 13.4. The van der Waals surface area contributed by atoms with Gasteiger partial charge < -0.3 is 14.8 Å². The fraction of sp³-hybridized carbons (Fsp3) is 0.158.